The number of ether oxygens (including phenoxy) is 2. The van der Waals surface area contributed by atoms with Crippen LogP contribution in [-0.4, -0.2) is 50.0 Å². The molecule has 0 aliphatic carbocycles. The van der Waals surface area contributed by atoms with E-state index < -0.39 is 24.7 Å². The number of alkyl halides is 2. The molecule has 6 nitrogen and oxygen atoms in total. The second-order valence-corrected chi connectivity index (χ2v) is 6.78. The average molecular weight is 387 g/mol. The maximum atomic E-state index is 13.7. The Hall–Kier alpha value is -0.970. The average Bonchev–Trinajstić information content (AvgIpc) is 2.74. The summed E-state index contributed by atoms with van der Waals surface area (Å²) >= 11 is 4.05. The van der Waals surface area contributed by atoms with Crippen LogP contribution in [0.1, 0.15) is 9.67 Å². The topological polar surface area (TPSA) is 85.0 Å². The zero-order valence-corrected chi connectivity index (χ0v) is 13.3. The van der Waals surface area contributed by atoms with Gasteiger partial charge in [0.25, 0.3) is 0 Å². The van der Waals surface area contributed by atoms with E-state index in [1.807, 2.05) is 0 Å². The minimum atomic E-state index is -3.42. The molecule has 0 fully saturated rings. The maximum absolute atomic E-state index is 13.7. The van der Waals surface area contributed by atoms with Crippen molar-refractivity contribution < 1.29 is 28.2 Å². The second kappa shape index (κ2) is 6.03. The molecule has 10 heteroatoms. The van der Waals surface area contributed by atoms with Crippen molar-refractivity contribution >= 4 is 38.9 Å². The molecule has 1 unspecified atom stereocenters. The molecule has 0 saturated carbocycles. The zero-order chi connectivity index (χ0) is 15.8. The first-order chi connectivity index (χ1) is 9.79. The summed E-state index contributed by atoms with van der Waals surface area (Å²) < 4.78 is 36.9. The Bertz CT molecular complexity index is 555. The van der Waals surface area contributed by atoms with Crippen LogP contribution in [0.25, 0.3) is 0 Å². The van der Waals surface area contributed by atoms with Crippen molar-refractivity contribution in [3.63, 3.8) is 0 Å². The highest BCUT2D eigenvalue weighted by Gasteiger charge is 2.45. The number of fused-ring (bicyclic) bond motifs is 1. The van der Waals surface area contributed by atoms with Crippen LogP contribution in [0.4, 0.5) is 14.5 Å². The fourth-order valence-electron chi connectivity index (χ4n) is 1.97. The third kappa shape index (κ3) is 3.28. The van der Waals surface area contributed by atoms with Crippen LogP contribution in [0.2, 0.25) is 0 Å². The third-order valence-electron chi connectivity index (χ3n) is 2.80. The largest absolute Gasteiger partial charge is 0.465 e. The molecule has 3 N–H and O–H groups in total. The van der Waals surface area contributed by atoms with Crippen LogP contribution >= 0.6 is 27.3 Å². The molecule has 2 heterocycles. The number of halogens is 3. The van der Waals surface area contributed by atoms with E-state index in [9.17, 15) is 13.6 Å². The van der Waals surface area contributed by atoms with E-state index in [4.69, 9.17) is 10.8 Å². The van der Waals surface area contributed by atoms with Crippen LogP contribution in [0, 0.1) is 0 Å². The Morgan fingerprint density at radius 2 is 2.38 bits per heavy atom. The Morgan fingerprint density at radius 3 is 2.95 bits per heavy atom. The molecule has 0 amide bonds. The molecule has 0 aromatic carbocycles. The van der Waals surface area contributed by atoms with Gasteiger partial charge in [0, 0.05) is 12.6 Å². The summed E-state index contributed by atoms with van der Waals surface area (Å²) in [6.45, 7) is -1.17. The van der Waals surface area contributed by atoms with E-state index in [0.29, 0.717) is 0 Å². The standard InChI is InChI=1S/C11H13BrF2N2O4S/c1-19-10(18)8-6-7(9(12)21-8)20-11(13,14)4-16(6)2-5(15)3-17/h5,17H,2-4,15H2,1H3. The number of thiophene rings is 1. The third-order valence-corrected chi connectivity index (χ3v) is 4.58. The van der Waals surface area contributed by atoms with E-state index in [1.165, 1.54) is 12.0 Å². The number of aliphatic hydroxyl groups excluding tert-OH is 1. The number of esters is 1. The van der Waals surface area contributed by atoms with Crippen molar-refractivity contribution in [2.24, 2.45) is 5.73 Å². The van der Waals surface area contributed by atoms with Crippen LogP contribution in [0.3, 0.4) is 0 Å². The number of hydrogen-bond donors (Lipinski definition) is 2. The summed E-state index contributed by atoms with van der Waals surface area (Å²) in [5.74, 6) is -0.778. The molecule has 0 radical (unpaired) electrons. The maximum Gasteiger partial charge on any atom is 0.416 e. The minimum Gasteiger partial charge on any atom is -0.465 e. The van der Waals surface area contributed by atoms with E-state index in [2.05, 4.69) is 25.4 Å². The van der Waals surface area contributed by atoms with Gasteiger partial charge >= 0.3 is 12.1 Å². The number of rotatable bonds is 4. The Kier molecular flexibility index (Phi) is 4.71. The molecule has 0 bridgehead atoms. The van der Waals surface area contributed by atoms with Crippen LogP contribution < -0.4 is 15.4 Å². The van der Waals surface area contributed by atoms with E-state index in [-0.39, 0.29) is 33.3 Å². The molecule has 1 atom stereocenters. The molecule has 0 spiro atoms. The number of nitrogens with zero attached hydrogens (tertiary/aromatic N) is 1. The van der Waals surface area contributed by atoms with Gasteiger partial charge in [0.2, 0.25) is 0 Å². The van der Waals surface area contributed by atoms with Crippen LogP contribution in [0.15, 0.2) is 3.79 Å². The number of carbonyl (C=O) groups is 1. The lowest BCUT2D eigenvalue weighted by Crippen LogP contribution is -2.50. The van der Waals surface area contributed by atoms with Crippen molar-refractivity contribution in [2.45, 2.75) is 12.2 Å². The number of carbonyl (C=O) groups excluding carboxylic acids is 1. The smallest absolute Gasteiger partial charge is 0.416 e. The molecule has 0 saturated heterocycles. The number of anilines is 1. The number of nitrogens with two attached hydrogens (primary N) is 1. The van der Waals surface area contributed by atoms with E-state index in [1.54, 1.807) is 0 Å². The van der Waals surface area contributed by atoms with Gasteiger partial charge in [-0.2, -0.15) is 8.78 Å². The molecule has 21 heavy (non-hydrogen) atoms. The van der Waals surface area contributed by atoms with Crippen molar-refractivity contribution in [2.75, 3.05) is 31.7 Å². The minimum absolute atomic E-state index is 0.0460. The van der Waals surface area contributed by atoms with Gasteiger partial charge in [-0.25, -0.2) is 4.79 Å². The number of methoxy groups -OCH3 is 1. The summed E-state index contributed by atoms with van der Waals surface area (Å²) in [7, 11) is 1.20. The molecule has 118 valence electrons. The fourth-order valence-corrected chi connectivity index (χ4v) is 3.62. The molecule has 1 aliphatic rings. The first-order valence-corrected chi connectivity index (χ1v) is 7.49. The molecule has 1 aromatic rings. The normalized spacial score (nSPS) is 17.9. The van der Waals surface area contributed by atoms with Crippen molar-refractivity contribution in [1.82, 2.24) is 0 Å². The number of aliphatic hydroxyl groups is 1. The van der Waals surface area contributed by atoms with Crippen molar-refractivity contribution in [3.8, 4) is 5.75 Å². The summed E-state index contributed by atoms with van der Waals surface area (Å²) in [5, 5.41) is 9.00. The second-order valence-electron chi connectivity index (χ2n) is 4.44. The monoisotopic (exact) mass is 386 g/mol. The summed E-state index contributed by atoms with van der Waals surface area (Å²) in [4.78, 5) is 13.1. The fraction of sp³-hybridized carbons (Fsp3) is 0.545. The molecular formula is C11H13BrF2N2O4S. The summed E-state index contributed by atoms with van der Waals surface area (Å²) in [6, 6.07) is -0.726. The zero-order valence-electron chi connectivity index (χ0n) is 10.9. The summed E-state index contributed by atoms with van der Waals surface area (Å²) in [5.41, 5.74) is 5.82. The molecule has 2 rings (SSSR count). The number of hydrogen-bond acceptors (Lipinski definition) is 7. The van der Waals surface area contributed by atoms with Gasteiger partial charge in [-0.15, -0.1) is 11.3 Å². The van der Waals surface area contributed by atoms with Gasteiger partial charge in [0.05, 0.1) is 13.7 Å². The van der Waals surface area contributed by atoms with Crippen molar-refractivity contribution in [1.29, 1.82) is 0 Å². The highest BCUT2D eigenvalue weighted by Crippen LogP contribution is 2.50. The predicted octanol–water partition coefficient (Wildman–Crippen LogP) is 1.41. The first-order valence-electron chi connectivity index (χ1n) is 5.88. The van der Waals surface area contributed by atoms with Gasteiger partial charge in [0.1, 0.15) is 20.9 Å². The first kappa shape index (κ1) is 16.4. The van der Waals surface area contributed by atoms with Crippen molar-refractivity contribution in [3.05, 3.63) is 8.66 Å². The lowest BCUT2D eigenvalue weighted by molar-refractivity contribution is -0.172. The van der Waals surface area contributed by atoms with Gasteiger partial charge in [-0.1, -0.05) is 0 Å². The van der Waals surface area contributed by atoms with Gasteiger partial charge in [-0.05, 0) is 15.9 Å². The predicted molar refractivity (Wildman–Crippen MR) is 76.2 cm³/mol. The lowest BCUT2D eigenvalue weighted by atomic mass is 10.2. The van der Waals surface area contributed by atoms with Gasteiger partial charge in [-0.3, -0.25) is 0 Å². The lowest BCUT2D eigenvalue weighted by Gasteiger charge is -2.35. The molecule has 1 aliphatic heterocycles. The Morgan fingerprint density at radius 1 is 1.71 bits per heavy atom. The van der Waals surface area contributed by atoms with Gasteiger partial charge < -0.3 is 25.2 Å². The summed E-state index contributed by atoms with van der Waals surface area (Å²) in [6.07, 6.45) is -3.42. The Labute approximate surface area is 131 Å². The molecule has 1 aromatic heterocycles. The highest BCUT2D eigenvalue weighted by molar-refractivity contribution is 9.11. The highest BCUT2D eigenvalue weighted by atomic mass is 79.9. The van der Waals surface area contributed by atoms with Crippen LogP contribution in [-0.2, 0) is 4.74 Å². The Balaban J connectivity index is 2.48. The SMILES string of the molecule is COC(=O)c1sc(Br)c2c1N(CC(N)CO)CC(F)(F)O2. The molecular weight excluding hydrogens is 374 g/mol. The van der Waals surface area contributed by atoms with Gasteiger partial charge in [0.15, 0.2) is 5.75 Å². The quantitative estimate of drug-likeness (QED) is 0.761. The van der Waals surface area contributed by atoms with E-state index in [0.717, 1.165) is 11.3 Å². The van der Waals surface area contributed by atoms with Crippen LogP contribution in [0.5, 0.6) is 5.75 Å². The van der Waals surface area contributed by atoms with E-state index >= 15 is 0 Å².